The molecule has 0 unspecified atom stereocenters. The highest BCUT2D eigenvalue weighted by Gasteiger charge is 2.13. The molecule has 1 N–H and O–H groups in total. The van der Waals surface area contributed by atoms with Crippen LogP contribution in [0.5, 0.6) is 0 Å². The number of aromatic nitrogens is 6. The van der Waals surface area contributed by atoms with Crippen LogP contribution in [-0.2, 0) is 17.1 Å². The average molecular weight is 324 g/mol. The molecule has 0 bridgehead atoms. The zero-order valence-corrected chi connectivity index (χ0v) is 12.0. The van der Waals surface area contributed by atoms with E-state index in [0.29, 0.717) is 22.6 Å². The third kappa shape index (κ3) is 3.25. The third-order valence-electron chi connectivity index (χ3n) is 2.35. The van der Waals surface area contributed by atoms with Crippen molar-refractivity contribution >= 4 is 29.1 Å². The van der Waals surface area contributed by atoms with E-state index in [1.807, 2.05) is 16.8 Å². The Bertz CT molecular complexity index is 738. The molecular weight excluding hydrogens is 316 g/mol. The van der Waals surface area contributed by atoms with Gasteiger partial charge in [-0.2, -0.15) is 16.3 Å². The number of hydrogen-bond acceptors (Lipinski definition) is 9. The lowest BCUT2D eigenvalue weighted by Crippen LogP contribution is -2.11. The van der Waals surface area contributed by atoms with Crippen molar-refractivity contribution in [2.45, 2.75) is 17.5 Å². The predicted molar refractivity (Wildman–Crippen MR) is 72.6 cm³/mol. The molecule has 0 saturated heterocycles. The second kappa shape index (κ2) is 6.01. The van der Waals surface area contributed by atoms with Crippen LogP contribution in [0.4, 0.5) is 0 Å². The van der Waals surface area contributed by atoms with Crippen LogP contribution in [0, 0.1) is 0 Å². The molecule has 11 heteroatoms. The molecule has 9 nitrogen and oxygen atoms in total. The van der Waals surface area contributed by atoms with E-state index < -0.39 is 5.97 Å². The molecule has 3 aromatic heterocycles. The summed E-state index contributed by atoms with van der Waals surface area (Å²) >= 11 is 2.78. The molecule has 0 saturated carbocycles. The molecule has 0 radical (unpaired) electrons. The molecule has 0 aliphatic rings. The van der Waals surface area contributed by atoms with Crippen LogP contribution in [0.25, 0.3) is 11.5 Å². The van der Waals surface area contributed by atoms with Crippen LogP contribution in [0.3, 0.4) is 0 Å². The Kier molecular flexibility index (Phi) is 3.92. The SMILES string of the molecule is O=C(O)Cn1nnnc1SCc1noc(-c2ccsc2)n1. The maximum absolute atomic E-state index is 10.7. The number of aliphatic carboxylic acids is 1. The number of hydrogen-bond donors (Lipinski definition) is 1. The molecular formula is C10H8N6O3S2. The zero-order valence-electron chi connectivity index (χ0n) is 10.4. The van der Waals surface area contributed by atoms with Crippen molar-refractivity contribution in [3.05, 3.63) is 22.7 Å². The number of carboxylic acids is 1. The zero-order chi connectivity index (χ0) is 14.7. The van der Waals surface area contributed by atoms with Gasteiger partial charge >= 0.3 is 5.97 Å². The van der Waals surface area contributed by atoms with Crippen molar-refractivity contribution in [3.63, 3.8) is 0 Å². The lowest BCUT2D eigenvalue weighted by molar-refractivity contribution is -0.138. The minimum Gasteiger partial charge on any atom is -0.480 e. The van der Waals surface area contributed by atoms with Gasteiger partial charge in [-0.05, 0) is 21.9 Å². The van der Waals surface area contributed by atoms with Gasteiger partial charge in [-0.3, -0.25) is 4.79 Å². The highest BCUT2D eigenvalue weighted by atomic mass is 32.2. The van der Waals surface area contributed by atoms with Crippen molar-refractivity contribution in [2.24, 2.45) is 0 Å². The van der Waals surface area contributed by atoms with Crippen molar-refractivity contribution in [1.82, 2.24) is 30.3 Å². The fraction of sp³-hybridized carbons (Fsp3) is 0.200. The lowest BCUT2D eigenvalue weighted by atomic mass is 10.3. The molecule has 0 spiro atoms. The summed E-state index contributed by atoms with van der Waals surface area (Å²) < 4.78 is 6.35. The lowest BCUT2D eigenvalue weighted by Gasteiger charge is -1.98. The van der Waals surface area contributed by atoms with Gasteiger partial charge in [-0.1, -0.05) is 16.9 Å². The first-order chi connectivity index (χ1) is 10.2. The second-order valence-corrected chi connectivity index (χ2v) is 5.55. The monoisotopic (exact) mass is 324 g/mol. The van der Waals surface area contributed by atoms with Crippen LogP contribution < -0.4 is 0 Å². The summed E-state index contributed by atoms with van der Waals surface area (Å²) in [7, 11) is 0. The van der Waals surface area contributed by atoms with Gasteiger partial charge in [0.25, 0.3) is 5.89 Å². The van der Waals surface area contributed by atoms with Gasteiger partial charge in [0, 0.05) is 5.38 Å². The smallest absolute Gasteiger partial charge is 0.325 e. The van der Waals surface area contributed by atoms with Gasteiger partial charge in [0.05, 0.1) is 11.3 Å². The number of nitrogens with zero attached hydrogens (tertiary/aromatic N) is 6. The second-order valence-electron chi connectivity index (χ2n) is 3.83. The number of thiophene rings is 1. The molecule has 3 aromatic rings. The van der Waals surface area contributed by atoms with Gasteiger partial charge < -0.3 is 9.63 Å². The summed E-state index contributed by atoms with van der Waals surface area (Å²) in [6.07, 6.45) is 0. The molecule has 0 aliphatic heterocycles. The van der Waals surface area contributed by atoms with Crippen LogP contribution in [0.15, 0.2) is 26.5 Å². The highest BCUT2D eigenvalue weighted by molar-refractivity contribution is 7.98. The summed E-state index contributed by atoms with van der Waals surface area (Å²) in [5, 5.41) is 27.6. The van der Waals surface area contributed by atoms with Crippen LogP contribution in [0.1, 0.15) is 5.82 Å². The standard InChI is InChI=1S/C10H8N6O3S2/c17-8(18)3-16-10(12-14-15-16)21-5-7-11-9(19-13-7)6-1-2-20-4-6/h1-2,4H,3,5H2,(H,17,18). The minimum absolute atomic E-state index is 0.290. The third-order valence-corrected chi connectivity index (χ3v) is 3.99. The van der Waals surface area contributed by atoms with Crippen molar-refractivity contribution in [1.29, 1.82) is 0 Å². The molecule has 0 fully saturated rings. The Hall–Kier alpha value is -2.27. The first kappa shape index (κ1) is 13.7. The molecule has 0 aromatic carbocycles. The number of thioether (sulfide) groups is 1. The van der Waals surface area contributed by atoms with Crippen molar-refractivity contribution < 1.29 is 14.4 Å². The first-order valence-corrected chi connectivity index (χ1v) is 7.61. The van der Waals surface area contributed by atoms with Gasteiger partial charge in [0.1, 0.15) is 6.54 Å². The molecule has 21 heavy (non-hydrogen) atoms. The quantitative estimate of drug-likeness (QED) is 0.666. The van der Waals surface area contributed by atoms with E-state index in [-0.39, 0.29) is 6.54 Å². The van der Waals surface area contributed by atoms with Gasteiger partial charge in [0.15, 0.2) is 5.82 Å². The fourth-order valence-electron chi connectivity index (χ4n) is 1.47. The summed E-state index contributed by atoms with van der Waals surface area (Å²) in [6.45, 7) is -0.290. The van der Waals surface area contributed by atoms with Gasteiger partial charge in [-0.15, -0.1) is 5.10 Å². The molecule has 0 aliphatic carbocycles. The van der Waals surface area contributed by atoms with Gasteiger partial charge in [-0.25, -0.2) is 4.68 Å². The van der Waals surface area contributed by atoms with Crippen molar-refractivity contribution in [2.75, 3.05) is 0 Å². The maximum atomic E-state index is 10.7. The largest absolute Gasteiger partial charge is 0.480 e. The number of carbonyl (C=O) groups is 1. The minimum atomic E-state index is -1.01. The Morgan fingerprint density at radius 1 is 1.52 bits per heavy atom. The van der Waals surface area contributed by atoms with E-state index in [1.54, 1.807) is 11.3 Å². The Morgan fingerprint density at radius 3 is 3.19 bits per heavy atom. The molecule has 3 heterocycles. The Morgan fingerprint density at radius 2 is 2.43 bits per heavy atom. The molecule has 0 atom stereocenters. The number of carboxylic acid groups (broad SMARTS) is 1. The van der Waals surface area contributed by atoms with E-state index in [2.05, 4.69) is 25.7 Å². The summed E-state index contributed by atoms with van der Waals surface area (Å²) in [4.78, 5) is 14.9. The molecule has 0 amide bonds. The fourth-order valence-corrected chi connectivity index (χ4v) is 2.82. The van der Waals surface area contributed by atoms with Crippen LogP contribution in [-0.4, -0.2) is 41.4 Å². The average Bonchev–Trinajstić information content (AvgIpc) is 3.17. The number of tetrazole rings is 1. The van der Waals surface area contributed by atoms with Crippen LogP contribution in [0.2, 0.25) is 0 Å². The normalized spacial score (nSPS) is 10.9. The van der Waals surface area contributed by atoms with Crippen molar-refractivity contribution in [3.8, 4) is 11.5 Å². The first-order valence-electron chi connectivity index (χ1n) is 5.68. The maximum Gasteiger partial charge on any atom is 0.325 e. The Balaban J connectivity index is 1.66. The predicted octanol–water partition coefficient (Wildman–Crippen LogP) is 1.16. The van der Waals surface area contributed by atoms with E-state index in [4.69, 9.17) is 9.63 Å². The summed E-state index contributed by atoms with van der Waals surface area (Å²) in [5.41, 5.74) is 0.875. The molecule has 3 rings (SSSR count). The summed E-state index contributed by atoms with van der Waals surface area (Å²) in [6, 6.07) is 1.89. The van der Waals surface area contributed by atoms with E-state index in [9.17, 15) is 4.79 Å². The Labute approximate surface area is 126 Å². The molecule has 108 valence electrons. The van der Waals surface area contributed by atoms with E-state index in [0.717, 1.165) is 5.56 Å². The highest BCUT2D eigenvalue weighted by Crippen LogP contribution is 2.23. The topological polar surface area (TPSA) is 120 Å². The number of rotatable bonds is 6. The summed E-state index contributed by atoms with van der Waals surface area (Å²) in [5.74, 6) is 0.319. The van der Waals surface area contributed by atoms with Gasteiger partial charge in [0.2, 0.25) is 5.16 Å². The van der Waals surface area contributed by atoms with Crippen LogP contribution >= 0.6 is 23.1 Å². The van der Waals surface area contributed by atoms with E-state index >= 15 is 0 Å². The van der Waals surface area contributed by atoms with E-state index in [1.165, 1.54) is 16.4 Å².